The monoisotopic (exact) mass is 300 g/mol. The fraction of sp³-hybridized carbons (Fsp3) is 0.500. The zero-order chi connectivity index (χ0) is 14.9. The number of nitro groups is 1. The quantitative estimate of drug-likeness (QED) is 0.621. The van der Waals surface area contributed by atoms with Crippen LogP contribution in [-0.4, -0.2) is 42.9 Å². The highest BCUT2D eigenvalue weighted by atomic mass is 32.2. The molecule has 20 heavy (non-hydrogen) atoms. The highest BCUT2D eigenvalue weighted by Crippen LogP contribution is 2.23. The first-order chi connectivity index (χ1) is 9.30. The van der Waals surface area contributed by atoms with Crippen molar-refractivity contribution in [1.29, 1.82) is 0 Å². The van der Waals surface area contributed by atoms with Crippen LogP contribution < -0.4 is 0 Å². The Morgan fingerprint density at radius 2 is 1.90 bits per heavy atom. The average Bonchev–Trinajstić information content (AvgIpc) is 2.37. The van der Waals surface area contributed by atoms with Gasteiger partial charge in [-0.3, -0.25) is 10.1 Å². The fourth-order valence-electron chi connectivity index (χ4n) is 2.23. The van der Waals surface area contributed by atoms with E-state index in [4.69, 9.17) is 4.74 Å². The molecule has 0 aromatic heterocycles. The first kappa shape index (κ1) is 14.9. The highest BCUT2D eigenvalue weighted by Gasteiger charge is 2.32. The summed E-state index contributed by atoms with van der Waals surface area (Å²) in [5.41, 5.74) is -0.236. The van der Waals surface area contributed by atoms with Crippen LogP contribution in [0.2, 0.25) is 0 Å². The summed E-state index contributed by atoms with van der Waals surface area (Å²) in [6, 6.07) is 5.09. The third-order valence-electron chi connectivity index (χ3n) is 3.05. The summed E-state index contributed by atoms with van der Waals surface area (Å²) in [4.78, 5) is 10.1. The minimum atomic E-state index is -3.74. The third-order valence-corrected chi connectivity index (χ3v) is 4.88. The van der Waals surface area contributed by atoms with Crippen molar-refractivity contribution in [3.63, 3.8) is 0 Å². The van der Waals surface area contributed by atoms with Crippen molar-refractivity contribution < 1.29 is 18.1 Å². The lowest BCUT2D eigenvalue weighted by Crippen LogP contribution is -2.48. The number of non-ortho nitro benzene ring substituents is 1. The molecule has 1 fully saturated rings. The van der Waals surface area contributed by atoms with Gasteiger partial charge in [0.15, 0.2) is 0 Å². The van der Waals surface area contributed by atoms with Crippen LogP contribution in [0.5, 0.6) is 0 Å². The highest BCUT2D eigenvalue weighted by molar-refractivity contribution is 7.89. The Bertz CT molecular complexity index is 606. The summed E-state index contributed by atoms with van der Waals surface area (Å²) in [6.07, 6.45) is -0.403. The molecule has 0 aliphatic carbocycles. The molecule has 1 aliphatic rings. The molecule has 0 radical (unpaired) electrons. The largest absolute Gasteiger partial charge is 0.373 e. The van der Waals surface area contributed by atoms with Crippen molar-refractivity contribution in [3.8, 4) is 0 Å². The lowest BCUT2D eigenvalue weighted by Gasteiger charge is -2.34. The zero-order valence-corrected chi connectivity index (χ0v) is 12.0. The molecular formula is C12H16N2O5S. The number of sulfonamides is 1. The molecule has 0 bridgehead atoms. The number of nitro benzene ring substituents is 1. The normalized spacial score (nSPS) is 24.5. The minimum Gasteiger partial charge on any atom is -0.373 e. The second-order valence-corrected chi connectivity index (χ2v) is 6.77. The van der Waals surface area contributed by atoms with Crippen LogP contribution in [0.3, 0.4) is 0 Å². The first-order valence-electron chi connectivity index (χ1n) is 6.21. The maximum Gasteiger partial charge on any atom is 0.270 e. The summed E-state index contributed by atoms with van der Waals surface area (Å²) in [7, 11) is -3.74. The number of rotatable bonds is 3. The van der Waals surface area contributed by atoms with Gasteiger partial charge in [-0.2, -0.15) is 4.31 Å². The molecule has 0 saturated carbocycles. The van der Waals surface area contributed by atoms with Gasteiger partial charge in [0, 0.05) is 25.2 Å². The van der Waals surface area contributed by atoms with E-state index in [0.717, 1.165) is 6.07 Å². The standard InChI is InChI=1S/C12H16N2O5S/c1-9-7-13(8-10(2)19-9)20(17,18)12-5-3-4-11(6-12)14(15)16/h3-6,9-10H,7-8H2,1-2H3/t9-,10-/m1/s1. The molecule has 8 heteroatoms. The molecule has 110 valence electrons. The first-order valence-corrected chi connectivity index (χ1v) is 7.65. The maximum atomic E-state index is 12.5. The van der Waals surface area contributed by atoms with Crippen molar-refractivity contribution in [2.24, 2.45) is 0 Å². The molecule has 1 heterocycles. The van der Waals surface area contributed by atoms with E-state index in [1.807, 2.05) is 0 Å². The van der Waals surface area contributed by atoms with Gasteiger partial charge in [0.05, 0.1) is 22.0 Å². The van der Waals surface area contributed by atoms with E-state index in [-0.39, 0.29) is 35.9 Å². The number of hydrogen-bond donors (Lipinski definition) is 0. The Morgan fingerprint density at radius 1 is 1.30 bits per heavy atom. The van der Waals surface area contributed by atoms with Crippen LogP contribution in [-0.2, 0) is 14.8 Å². The third kappa shape index (κ3) is 2.97. The molecular weight excluding hydrogens is 284 g/mol. The van der Waals surface area contributed by atoms with E-state index in [0.29, 0.717) is 0 Å². The van der Waals surface area contributed by atoms with Gasteiger partial charge in [0.25, 0.3) is 5.69 Å². The van der Waals surface area contributed by atoms with E-state index in [1.165, 1.54) is 22.5 Å². The van der Waals surface area contributed by atoms with Crippen molar-refractivity contribution in [3.05, 3.63) is 34.4 Å². The van der Waals surface area contributed by atoms with Gasteiger partial charge < -0.3 is 4.74 Å². The molecule has 2 atom stereocenters. The molecule has 0 spiro atoms. The Hall–Kier alpha value is -1.51. The van der Waals surface area contributed by atoms with E-state index in [1.54, 1.807) is 13.8 Å². The summed E-state index contributed by atoms with van der Waals surface area (Å²) < 4.78 is 31.8. The van der Waals surface area contributed by atoms with Gasteiger partial charge in [0.1, 0.15) is 0 Å². The Kier molecular flexibility index (Phi) is 4.07. The van der Waals surface area contributed by atoms with Crippen LogP contribution in [0.4, 0.5) is 5.69 Å². The molecule has 7 nitrogen and oxygen atoms in total. The summed E-state index contributed by atoms with van der Waals surface area (Å²) >= 11 is 0. The van der Waals surface area contributed by atoms with Crippen molar-refractivity contribution in [2.45, 2.75) is 31.0 Å². The zero-order valence-electron chi connectivity index (χ0n) is 11.2. The Balaban J connectivity index is 2.34. The molecule has 2 rings (SSSR count). The van der Waals surface area contributed by atoms with Crippen LogP contribution in [0.25, 0.3) is 0 Å². The molecule has 1 aromatic carbocycles. The van der Waals surface area contributed by atoms with Gasteiger partial charge in [-0.25, -0.2) is 8.42 Å². The van der Waals surface area contributed by atoms with E-state index in [9.17, 15) is 18.5 Å². The molecule has 1 aliphatic heterocycles. The Labute approximate surface area is 117 Å². The van der Waals surface area contributed by atoms with Gasteiger partial charge >= 0.3 is 0 Å². The number of ether oxygens (including phenoxy) is 1. The maximum absolute atomic E-state index is 12.5. The Morgan fingerprint density at radius 3 is 2.45 bits per heavy atom. The summed E-state index contributed by atoms with van der Waals surface area (Å²) in [5.74, 6) is 0. The lowest BCUT2D eigenvalue weighted by atomic mass is 10.3. The summed E-state index contributed by atoms with van der Waals surface area (Å²) in [5, 5.41) is 10.7. The average molecular weight is 300 g/mol. The van der Waals surface area contributed by atoms with Crippen LogP contribution in [0.1, 0.15) is 13.8 Å². The van der Waals surface area contributed by atoms with E-state index < -0.39 is 14.9 Å². The van der Waals surface area contributed by atoms with Crippen LogP contribution >= 0.6 is 0 Å². The molecule has 1 aromatic rings. The van der Waals surface area contributed by atoms with Crippen LogP contribution in [0, 0.1) is 10.1 Å². The molecule has 0 N–H and O–H groups in total. The van der Waals surface area contributed by atoms with Gasteiger partial charge in [0.2, 0.25) is 10.0 Å². The van der Waals surface area contributed by atoms with Crippen molar-refractivity contribution in [2.75, 3.05) is 13.1 Å². The predicted octanol–water partition coefficient (Wildman–Crippen LogP) is 1.39. The summed E-state index contributed by atoms with van der Waals surface area (Å²) in [6.45, 7) is 4.09. The lowest BCUT2D eigenvalue weighted by molar-refractivity contribution is -0.385. The smallest absolute Gasteiger partial charge is 0.270 e. The van der Waals surface area contributed by atoms with Gasteiger partial charge in [-0.05, 0) is 19.9 Å². The van der Waals surface area contributed by atoms with E-state index >= 15 is 0 Å². The predicted molar refractivity (Wildman–Crippen MR) is 71.9 cm³/mol. The van der Waals surface area contributed by atoms with Crippen LogP contribution in [0.15, 0.2) is 29.2 Å². The topological polar surface area (TPSA) is 89.8 Å². The number of benzene rings is 1. The van der Waals surface area contributed by atoms with Crippen molar-refractivity contribution in [1.82, 2.24) is 4.31 Å². The second-order valence-electron chi connectivity index (χ2n) is 4.83. The van der Waals surface area contributed by atoms with Crippen molar-refractivity contribution >= 4 is 15.7 Å². The van der Waals surface area contributed by atoms with Gasteiger partial charge in [-0.15, -0.1) is 0 Å². The van der Waals surface area contributed by atoms with Gasteiger partial charge in [-0.1, -0.05) is 6.07 Å². The molecule has 0 amide bonds. The number of hydrogen-bond acceptors (Lipinski definition) is 5. The number of morpholine rings is 1. The second kappa shape index (κ2) is 5.47. The number of nitrogens with zero attached hydrogens (tertiary/aromatic N) is 2. The molecule has 1 saturated heterocycles. The fourth-order valence-corrected chi connectivity index (χ4v) is 3.86. The minimum absolute atomic E-state index is 0.0620. The molecule has 0 unspecified atom stereocenters. The SMILES string of the molecule is C[C@@H]1CN(S(=O)(=O)c2cccc([N+](=O)[O-])c2)C[C@@H](C)O1. The van der Waals surface area contributed by atoms with E-state index in [2.05, 4.69) is 0 Å².